The number of aromatic nitrogens is 3. The van der Waals surface area contributed by atoms with Crippen LogP contribution in [0.3, 0.4) is 0 Å². The summed E-state index contributed by atoms with van der Waals surface area (Å²) in [6, 6.07) is 1.88. The number of amides is 1. The van der Waals surface area contributed by atoms with Gasteiger partial charge in [-0.15, -0.1) is 0 Å². The first-order valence-corrected chi connectivity index (χ1v) is 8.01. The third kappa shape index (κ3) is 3.47. The van der Waals surface area contributed by atoms with Gasteiger partial charge in [-0.25, -0.2) is 9.97 Å². The summed E-state index contributed by atoms with van der Waals surface area (Å²) in [5.74, 6) is 2.48. The average Bonchev–Trinajstić information content (AvgIpc) is 2.89. The van der Waals surface area contributed by atoms with E-state index in [9.17, 15) is 4.79 Å². The summed E-state index contributed by atoms with van der Waals surface area (Å²) in [6.07, 6.45) is 2.34. The quantitative estimate of drug-likeness (QED) is 0.875. The minimum absolute atomic E-state index is 0.104. The second kappa shape index (κ2) is 6.86. The molecule has 0 aliphatic carbocycles. The molecule has 1 aliphatic heterocycles. The summed E-state index contributed by atoms with van der Waals surface area (Å²) >= 11 is 0. The van der Waals surface area contributed by atoms with Crippen molar-refractivity contribution in [1.82, 2.24) is 20.0 Å². The number of anilines is 2. The predicted molar refractivity (Wildman–Crippen MR) is 90.1 cm³/mol. The molecule has 24 heavy (non-hydrogen) atoms. The number of piperazine rings is 1. The van der Waals surface area contributed by atoms with Crippen LogP contribution >= 0.6 is 0 Å². The van der Waals surface area contributed by atoms with Crippen LogP contribution in [0.4, 0.5) is 11.6 Å². The number of hydrogen-bond acceptors (Lipinski definition) is 7. The zero-order chi connectivity index (χ0) is 17.1. The van der Waals surface area contributed by atoms with Gasteiger partial charge >= 0.3 is 0 Å². The largest absolute Gasteiger partial charge is 0.370 e. The van der Waals surface area contributed by atoms with Gasteiger partial charge in [0.25, 0.3) is 0 Å². The molecule has 0 aromatic carbocycles. The van der Waals surface area contributed by atoms with E-state index in [1.165, 1.54) is 6.33 Å². The molecule has 8 heteroatoms. The Balaban J connectivity index is 1.60. The van der Waals surface area contributed by atoms with E-state index in [1.807, 2.05) is 31.9 Å². The fourth-order valence-corrected chi connectivity index (χ4v) is 2.75. The molecule has 0 unspecified atom stereocenters. The molecule has 1 saturated heterocycles. The second-order valence-corrected chi connectivity index (χ2v) is 5.98. The Morgan fingerprint density at radius 1 is 1.29 bits per heavy atom. The van der Waals surface area contributed by atoms with E-state index in [0.29, 0.717) is 13.1 Å². The first-order valence-electron chi connectivity index (χ1n) is 8.01. The third-order valence-corrected chi connectivity index (χ3v) is 4.30. The highest BCUT2D eigenvalue weighted by molar-refractivity contribution is 5.82. The molecule has 0 saturated carbocycles. The Labute approximate surface area is 140 Å². The highest BCUT2D eigenvalue weighted by atomic mass is 16.5. The number of carbonyl (C=O) groups is 1. The summed E-state index contributed by atoms with van der Waals surface area (Å²) < 4.78 is 5.17. The maximum absolute atomic E-state index is 11.8. The lowest BCUT2D eigenvalue weighted by Gasteiger charge is -2.32. The summed E-state index contributed by atoms with van der Waals surface area (Å²) in [4.78, 5) is 24.1. The fraction of sp³-hybridized carbons (Fsp3) is 0.500. The van der Waals surface area contributed by atoms with Crippen molar-refractivity contribution in [2.24, 2.45) is 0 Å². The van der Waals surface area contributed by atoms with Crippen LogP contribution in [0.25, 0.3) is 0 Å². The molecule has 1 aliphatic rings. The van der Waals surface area contributed by atoms with Gasteiger partial charge < -0.3 is 19.6 Å². The minimum Gasteiger partial charge on any atom is -0.370 e. The summed E-state index contributed by atoms with van der Waals surface area (Å²) in [5, 5.41) is 7.25. The smallest absolute Gasteiger partial charge is 0.241 e. The second-order valence-electron chi connectivity index (χ2n) is 5.98. The normalized spacial score (nSPS) is 15.0. The van der Waals surface area contributed by atoms with Crippen LogP contribution in [0, 0.1) is 13.8 Å². The monoisotopic (exact) mass is 330 g/mol. The number of rotatable bonds is 5. The molecule has 2 aromatic heterocycles. The van der Waals surface area contributed by atoms with E-state index in [0.717, 1.165) is 48.2 Å². The predicted octanol–water partition coefficient (Wildman–Crippen LogP) is 1.01. The van der Waals surface area contributed by atoms with Crippen molar-refractivity contribution in [3.8, 4) is 0 Å². The van der Waals surface area contributed by atoms with Crippen molar-refractivity contribution in [3.05, 3.63) is 29.4 Å². The molecule has 0 radical (unpaired) electrons. The van der Waals surface area contributed by atoms with Gasteiger partial charge in [-0.1, -0.05) is 5.16 Å². The molecule has 1 N–H and O–H groups in total. The third-order valence-electron chi connectivity index (χ3n) is 4.30. The zero-order valence-electron chi connectivity index (χ0n) is 14.2. The average molecular weight is 330 g/mol. The van der Waals surface area contributed by atoms with E-state index in [-0.39, 0.29) is 5.91 Å². The Bertz CT molecular complexity index is 710. The van der Waals surface area contributed by atoms with Crippen LogP contribution < -0.4 is 10.2 Å². The van der Waals surface area contributed by atoms with E-state index in [2.05, 4.69) is 20.4 Å². The van der Waals surface area contributed by atoms with Crippen LogP contribution in [-0.2, 0) is 11.2 Å². The van der Waals surface area contributed by atoms with Crippen LogP contribution in [-0.4, -0.2) is 59.2 Å². The number of carbonyl (C=O) groups excluding carboxylic acids is 1. The van der Waals surface area contributed by atoms with Gasteiger partial charge in [-0.05, 0) is 20.3 Å². The van der Waals surface area contributed by atoms with E-state index in [4.69, 9.17) is 4.52 Å². The molecule has 0 atom stereocenters. The van der Waals surface area contributed by atoms with Crippen molar-refractivity contribution in [2.45, 2.75) is 20.3 Å². The zero-order valence-corrected chi connectivity index (χ0v) is 14.2. The topological polar surface area (TPSA) is 87.4 Å². The van der Waals surface area contributed by atoms with Gasteiger partial charge in [0.05, 0.1) is 12.2 Å². The van der Waals surface area contributed by atoms with Crippen LogP contribution in [0.2, 0.25) is 0 Å². The number of nitrogens with one attached hydrogen (secondary N) is 1. The van der Waals surface area contributed by atoms with E-state index < -0.39 is 0 Å². The Morgan fingerprint density at radius 2 is 2.12 bits per heavy atom. The Kier molecular flexibility index (Phi) is 4.64. The molecular weight excluding hydrogens is 308 g/mol. The first kappa shape index (κ1) is 16.2. The molecule has 128 valence electrons. The number of likely N-dealkylation sites (N-methyl/N-ethyl adjacent to an activating group) is 1. The highest BCUT2D eigenvalue weighted by Gasteiger charge is 2.22. The number of nitrogens with zero attached hydrogens (tertiary/aromatic N) is 5. The van der Waals surface area contributed by atoms with Gasteiger partial charge in [0.15, 0.2) is 0 Å². The molecule has 1 amide bonds. The minimum atomic E-state index is 0.104. The van der Waals surface area contributed by atoms with Crippen molar-refractivity contribution < 1.29 is 9.32 Å². The van der Waals surface area contributed by atoms with E-state index in [1.54, 1.807) is 4.90 Å². The maximum Gasteiger partial charge on any atom is 0.241 e. The standard InChI is InChI=1S/C16H22N6O2/c1-11-13(12(2)24-20-11)4-5-17-14-8-15(19-10-18-14)22-7-6-21(3)16(23)9-22/h8,10H,4-7,9H2,1-3H3,(H,17,18,19). The SMILES string of the molecule is Cc1noc(C)c1CCNc1cc(N2CCN(C)C(=O)C2)ncn1. The fourth-order valence-electron chi connectivity index (χ4n) is 2.75. The lowest BCUT2D eigenvalue weighted by atomic mass is 10.1. The number of hydrogen-bond donors (Lipinski definition) is 1. The first-order chi connectivity index (χ1) is 11.5. The Hall–Kier alpha value is -2.64. The van der Waals surface area contributed by atoms with Crippen LogP contribution in [0.1, 0.15) is 17.0 Å². The van der Waals surface area contributed by atoms with Crippen LogP contribution in [0.15, 0.2) is 16.9 Å². The van der Waals surface area contributed by atoms with Crippen LogP contribution in [0.5, 0.6) is 0 Å². The van der Waals surface area contributed by atoms with Gasteiger partial charge in [0, 0.05) is 38.3 Å². The summed E-state index contributed by atoms with van der Waals surface area (Å²) in [6.45, 7) is 6.42. The van der Waals surface area contributed by atoms with Gasteiger partial charge in [0.2, 0.25) is 5.91 Å². The number of aryl methyl sites for hydroxylation is 2. The van der Waals surface area contributed by atoms with Gasteiger partial charge in [-0.3, -0.25) is 4.79 Å². The van der Waals surface area contributed by atoms with Crippen molar-refractivity contribution in [1.29, 1.82) is 0 Å². The molecule has 3 rings (SSSR count). The van der Waals surface area contributed by atoms with Crippen molar-refractivity contribution in [2.75, 3.05) is 43.4 Å². The molecular formula is C16H22N6O2. The molecule has 1 fully saturated rings. The summed E-state index contributed by atoms with van der Waals surface area (Å²) in [7, 11) is 1.82. The summed E-state index contributed by atoms with van der Waals surface area (Å²) in [5.41, 5.74) is 2.05. The van der Waals surface area contributed by atoms with Gasteiger partial charge in [-0.2, -0.15) is 0 Å². The Morgan fingerprint density at radius 3 is 2.83 bits per heavy atom. The molecule has 3 heterocycles. The lowest BCUT2D eigenvalue weighted by Crippen LogP contribution is -2.48. The maximum atomic E-state index is 11.8. The van der Waals surface area contributed by atoms with E-state index >= 15 is 0 Å². The molecule has 2 aromatic rings. The molecule has 0 bridgehead atoms. The lowest BCUT2D eigenvalue weighted by molar-refractivity contribution is -0.129. The highest BCUT2D eigenvalue weighted by Crippen LogP contribution is 2.17. The van der Waals surface area contributed by atoms with Crippen molar-refractivity contribution in [3.63, 3.8) is 0 Å². The molecule has 8 nitrogen and oxygen atoms in total. The van der Waals surface area contributed by atoms with Crippen molar-refractivity contribution >= 4 is 17.5 Å². The molecule has 0 spiro atoms. The van der Waals surface area contributed by atoms with Gasteiger partial charge in [0.1, 0.15) is 23.7 Å².